The summed E-state index contributed by atoms with van der Waals surface area (Å²) in [6.07, 6.45) is -4.97. The third kappa shape index (κ3) is 4.36. The average molecular weight is 465 g/mol. The maximum atomic E-state index is 14.1. The largest absolute Gasteiger partial charge is 0.872 e. The van der Waals surface area contributed by atoms with Gasteiger partial charge in [-0.25, -0.2) is 0 Å². The molecule has 0 radical (unpaired) electrons. The molecule has 2 heterocycles. The van der Waals surface area contributed by atoms with Crippen LogP contribution in [0.3, 0.4) is 0 Å². The standard InChI is InChI=1S/C23H22F3NO6/c1-30-17-6-3-13(11-18(17)31-2)19-20(29)14-4-5-16(28)15(12-27-7-9-32-10-8-27)21(14)33-22(19)23(24,25)26/h3-6,11,28H,7-10,12H2,1-2H3. The van der Waals surface area contributed by atoms with E-state index in [1.165, 1.54) is 44.6 Å². The van der Waals surface area contributed by atoms with E-state index in [-0.39, 0.29) is 34.4 Å². The van der Waals surface area contributed by atoms with Gasteiger partial charge >= 0.3 is 6.18 Å². The van der Waals surface area contributed by atoms with Crippen molar-refractivity contribution in [3.05, 3.63) is 51.9 Å². The molecule has 1 N–H and O–H groups in total. The van der Waals surface area contributed by atoms with Crippen molar-refractivity contribution in [1.29, 1.82) is 0 Å². The van der Waals surface area contributed by atoms with Crippen molar-refractivity contribution in [1.82, 2.24) is 0 Å². The highest BCUT2D eigenvalue weighted by molar-refractivity contribution is 5.87. The number of ether oxygens (including phenoxy) is 3. The normalized spacial score (nSPS) is 15.1. The van der Waals surface area contributed by atoms with Gasteiger partial charge in [0.1, 0.15) is 25.2 Å². The number of fused-ring (bicyclic) bond motifs is 1. The fraction of sp³-hybridized carbons (Fsp3) is 0.348. The first-order chi connectivity index (χ1) is 15.7. The molecule has 3 aromatic rings. The number of morpholine rings is 1. The van der Waals surface area contributed by atoms with Crippen molar-refractivity contribution in [2.45, 2.75) is 12.7 Å². The molecule has 176 valence electrons. The van der Waals surface area contributed by atoms with E-state index in [9.17, 15) is 23.1 Å². The molecule has 0 atom stereocenters. The van der Waals surface area contributed by atoms with Crippen LogP contribution in [0, 0.1) is 0 Å². The summed E-state index contributed by atoms with van der Waals surface area (Å²) in [5, 5.41) is 12.5. The summed E-state index contributed by atoms with van der Waals surface area (Å²) < 4.78 is 63.2. The fourth-order valence-electron chi connectivity index (χ4n) is 4.00. The predicted molar refractivity (Wildman–Crippen MR) is 111 cm³/mol. The average Bonchev–Trinajstić information content (AvgIpc) is 2.80. The van der Waals surface area contributed by atoms with Crippen LogP contribution in [0.1, 0.15) is 11.3 Å². The summed E-state index contributed by atoms with van der Waals surface area (Å²) >= 11 is 0. The van der Waals surface area contributed by atoms with Crippen molar-refractivity contribution in [2.24, 2.45) is 0 Å². The molecule has 0 unspecified atom stereocenters. The van der Waals surface area contributed by atoms with Crippen LogP contribution in [-0.2, 0) is 17.5 Å². The monoisotopic (exact) mass is 465 g/mol. The fourth-order valence-corrected chi connectivity index (χ4v) is 4.00. The molecule has 33 heavy (non-hydrogen) atoms. The topological polar surface area (TPSA) is 85.4 Å². The lowest BCUT2D eigenvalue weighted by molar-refractivity contribution is -0.921. The first-order valence-electron chi connectivity index (χ1n) is 10.2. The van der Waals surface area contributed by atoms with Crippen LogP contribution in [0.5, 0.6) is 17.2 Å². The first-order valence-corrected chi connectivity index (χ1v) is 10.2. The second-order valence-corrected chi connectivity index (χ2v) is 7.66. The van der Waals surface area contributed by atoms with E-state index in [2.05, 4.69) is 0 Å². The Kier molecular flexibility index (Phi) is 6.22. The number of hydrogen-bond donors (Lipinski definition) is 1. The molecule has 0 amide bonds. The van der Waals surface area contributed by atoms with Crippen LogP contribution in [-0.4, -0.2) is 40.5 Å². The molecule has 0 aliphatic carbocycles. The Morgan fingerprint density at radius 2 is 1.76 bits per heavy atom. The maximum Gasteiger partial charge on any atom is 0.450 e. The minimum Gasteiger partial charge on any atom is -0.872 e. The van der Waals surface area contributed by atoms with E-state index in [4.69, 9.17) is 18.6 Å². The summed E-state index contributed by atoms with van der Waals surface area (Å²) in [5.41, 5.74) is -1.86. The molecule has 2 aromatic carbocycles. The molecule has 4 rings (SSSR count). The van der Waals surface area contributed by atoms with Crippen LogP contribution in [0.25, 0.3) is 22.1 Å². The third-order valence-electron chi connectivity index (χ3n) is 5.68. The van der Waals surface area contributed by atoms with Gasteiger partial charge in [-0.15, -0.1) is 0 Å². The molecular formula is C23H22F3NO6. The lowest BCUT2D eigenvalue weighted by Gasteiger charge is -2.26. The molecule has 1 fully saturated rings. The molecule has 1 aromatic heterocycles. The van der Waals surface area contributed by atoms with E-state index < -0.39 is 28.7 Å². The Balaban J connectivity index is 1.96. The third-order valence-corrected chi connectivity index (χ3v) is 5.68. The van der Waals surface area contributed by atoms with E-state index >= 15 is 0 Å². The van der Waals surface area contributed by atoms with Crippen molar-refractivity contribution in [3.63, 3.8) is 0 Å². The van der Waals surface area contributed by atoms with Crippen molar-refractivity contribution >= 4 is 11.0 Å². The number of benzene rings is 2. The number of alkyl halides is 3. The minimum absolute atomic E-state index is 0.0396. The Morgan fingerprint density at radius 3 is 2.39 bits per heavy atom. The molecule has 10 heteroatoms. The number of hydrogen-bond acceptors (Lipinski definition) is 6. The smallest absolute Gasteiger partial charge is 0.450 e. The van der Waals surface area contributed by atoms with Gasteiger partial charge in [-0.05, 0) is 23.8 Å². The van der Waals surface area contributed by atoms with Crippen LogP contribution >= 0.6 is 0 Å². The highest BCUT2D eigenvalue weighted by Gasteiger charge is 2.40. The zero-order valence-corrected chi connectivity index (χ0v) is 18.0. The lowest BCUT2D eigenvalue weighted by Crippen LogP contribution is -3.12. The molecule has 0 spiro atoms. The van der Waals surface area contributed by atoms with Crippen LogP contribution in [0.2, 0.25) is 0 Å². The summed E-state index contributed by atoms with van der Waals surface area (Å²) in [4.78, 5) is 14.3. The Labute approximate surface area is 186 Å². The van der Waals surface area contributed by atoms with Crippen LogP contribution in [0.15, 0.2) is 39.5 Å². The molecule has 1 saturated heterocycles. The maximum absolute atomic E-state index is 14.1. The number of nitrogens with one attached hydrogen (secondary N) is 1. The van der Waals surface area contributed by atoms with Gasteiger partial charge < -0.3 is 28.6 Å². The highest BCUT2D eigenvalue weighted by Crippen LogP contribution is 2.40. The summed E-state index contributed by atoms with van der Waals surface area (Å²) in [7, 11) is 2.73. The lowest BCUT2D eigenvalue weighted by atomic mass is 9.99. The van der Waals surface area contributed by atoms with Gasteiger partial charge in [0.15, 0.2) is 11.5 Å². The van der Waals surface area contributed by atoms with E-state index in [0.29, 0.717) is 32.1 Å². The summed E-state index contributed by atoms with van der Waals surface area (Å²) in [6, 6.07) is 6.43. The van der Waals surface area contributed by atoms with Crippen molar-refractivity contribution in [3.8, 4) is 28.4 Å². The minimum atomic E-state index is -4.97. The number of quaternary nitrogens is 1. The van der Waals surface area contributed by atoms with Crippen molar-refractivity contribution in [2.75, 3.05) is 40.5 Å². The molecule has 7 nitrogen and oxygen atoms in total. The van der Waals surface area contributed by atoms with Gasteiger partial charge in [0.25, 0.3) is 0 Å². The second kappa shape index (κ2) is 8.95. The van der Waals surface area contributed by atoms with Gasteiger partial charge in [0.05, 0.1) is 38.4 Å². The first kappa shape index (κ1) is 22.9. The molecule has 1 aliphatic heterocycles. The zero-order valence-electron chi connectivity index (χ0n) is 18.0. The SMILES string of the molecule is COc1ccc(-c2c(C(F)(F)F)oc3c(C[NH+]4CCOCC4)c([O-])ccc3c2=O)cc1OC. The second-order valence-electron chi connectivity index (χ2n) is 7.66. The quantitative estimate of drug-likeness (QED) is 0.621. The summed E-state index contributed by atoms with van der Waals surface area (Å²) in [5.74, 6) is -1.48. The predicted octanol–water partition coefficient (Wildman–Crippen LogP) is 1.98. The number of halogens is 3. The van der Waals surface area contributed by atoms with Gasteiger partial charge in [-0.2, -0.15) is 13.2 Å². The van der Waals surface area contributed by atoms with Gasteiger partial charge in [0.2, 0.25) is 11.2 Å². The summed E-state index contributed by atoms with van der Waals surface area (Å²) in [6.45, 7) is 2.28. The van der Waals surface area contributed by atoms with E-state index in [1.807, 2.05) is 0 Å². The highest BCUT2D eigenvalue weighted by atomic mass is 19.4. The Hall–Kier alpha value is -3.24. The Bertz CT molecular complexity index is 1230. The molecule has 1 aliphatic rings. The van der Waals surface area contributed by atoms with E-state index in [1.54, 1.807) is 0 Å². The Morgan fingerprint density at radius 1 is 1.06 bits per heavy atom. The molecule has 0 saturated carbocycles. The van der Waals surface area contributed by atoms with Gasteiger partial charge in [-0.1, -0.05) is 17.9 Å². The zero-order chi connectivity index (χ0) is 23.8. The number of methoxy groups -OCH3 is 2. The van der Waals surface area contributed by atoms with E-state index in [0.717, 1.165) is 4.90 Å². The number of rotatable bonds is 5. The van der Waals surface area contributed by atoms with Gasteiger partial charge in [0, 0.05) is 5.56 Å². The van der Waals surface area contributed by atoms with Crippen LogP contribution in [0.4, 0.5) is 13.2 Å². The van der Waals surface area contributed by atoms with Gasteiger partial charge in [-0.3, -0.25) is 4.79 Å². The van der Waals surface area contributed by atoms with Crippen LogP contribution < -0.4 is 24.9 Å². The van der Waals surface area contributed by atoms with Crippen molar-refractivity contribution < 1.29 is 41.8 Å². The molecular weight excluding hydrogens is 443 g/mol. The molecule has 0 bridgehead atoms.